The molecule has 2 rings (SSSR count). The van der Waals surface area contributed by atoms with Gasteiger partial charge >= 0.3 is 6.03 Å². The van der Waals surface area contributed by atoms with Crippen LogP contribution in [0, 0.1) is 0 Å². The van der Waals surface area contributed by atoms with E-state index >= 15 is 0 Å². The highest BCUT2D eigenvalue weighted by atomic mass is 16.2. The average molecular weight is 241 g/mol. The normalized spacial score (nSPS) is 10.0. The van der Waals surface area contributed by atoms with Crippen LogP contribution in [0.3, 0.4) is 0 Å². The van der Waals surface area contributed by atoms with Crippen molar-refractivity contribution in [3.63, 3.8) is 0 Å². The summed E-state index contributed by atoms with van der Waals surface area (Å²) in [6.07, 6.45) is 5.45. The Bertz CT molecular complexity index is 526. The van der Waals surface area contributed by atoms with Gasteiger partial charge in [0.15, 0.2) is 0 Å². The summed E-state index contributed by atoms with van der Waals surface area (Å²) >= 11 is 0. The molecule has 0 saturated heterocycles. The molecule has 0 aliphatic rings. The Labute approximate surface area is 106 Å². The van der Waals surface area contributed by atoms with Crippen LogP contribution in [0.25, 0.3) is 0 Å². The zero-order valence-corrected chi connectivity index (χ0v) is 9.97. The molecule has 4 nitrogen and oxygen atoms in total. The number of carbonyl (C=O) groups excluding carboxylic acids is 1. The molecule has 0 unspecified atom stereocenters. The molecular weight excluding hydrogens is 226 g/mol. The third kappa shape index (κ3) is 3.59. The molecule has 0 atom stereocenters. The van der Waals surface area contributed by atoms with Crippen molar-refractivity contribution in [3.05, 3.63) is 59.9 Å². The Morgan fingerprint density at radius 2 is 1.83 bits per heavy atom. The molecule has 0 aliphatic heterocycles. The number of hydrogen-bond acceptors (Lipinski definition) is 2. The first kappa shape index (κ1) is 12.1. The van der Waals surface area contributed by atoms with Crippen molar-refractivity contribution in [3.8, 4) is 0 Å². The topological polar surface area (TPSA) is 68.0 Å². The molecule has 0 fully saturated rings. The third-order valence-corrected chi connectivity index (χ3v) is 2.65. The lowest BCUT2D eigenvalue weighted by Crippen LogP contribution is -2.19. The van der Waals surface area contributed by atoms with E-state index in [0.29, 0.717) is 0 Å². The zero-order valence-electron chi connectivity index (χ0n) is 9.97. The monoisotopic (exact) mass is 241 g/mol. The summed E-state index contributed by atoms with van der Waals surface area (Å²) in [7, 11) is 0. The fraction of sp³-hybridized carbons (Fsp3) is 0.143. The van der Waals surface area contributed by atoms with Crippen LogP contribution in [0.1, 0.15) is 11.1 Å². The number of urea groups is 1. The first-order valence-electron chi connectivity index (χ1n) is 5.78. The van der Waals surface area contributed by atoms with Gasteiger partial charge in [-0.3, -0.25) is 4.98 Å². The minimum absolute atomic E-state index is 0.540. The highest BCUT2D eigenvalue weighted by molar-refractivity contribution is 5.87. The molecule has 2 aromatic rings. The quantitative estimate of drug-likeness (QED) is 0.862. The number of nitrogens with two attached hydrogens (primary N) is 1. The number of anilines is 1. The van der Waals surface area contributed by atoms with Gasteiger partial charge in [-0.1, -0.05) is 12.1 Å². The van der Waals surface area contributed by atoms with Crippen molar-refractivity contribution in [1.29, 1.82) is 0 Å². The van der Waals surface area contributed by atoms with Gasteiger partial charge in [-0.05, 0) is 48.2 Å². The van der Waals surface area contributed by atoms with Gasteiger partial charge in [0.1, 0.15) is 0 Å². The Balaban J connectivity index is 1.99. The molecular formula is C14H15N3O. The van der Waals surface area contributed by atoms with Gasteiger partial charge in [0.2, 0.25) is 0 Å². The summed E-state index contributed by atoms with van der Waals surface area (Å²) < 4.78 is 0. The molecule has 2 amide bonds. The van der Waals surface area contributed by atoms with E-state index in [-0.39, 0.29) is 0 Å². The fourth-order valence-electron chi connectivity index (χ4n) is 1.78. The molecule has 3 N–H and O–H groups in total. The lowest BCUT2D eigenvalue weighted by molar-refractivity contribution is 0.259. The molecule has 4 heteroatoms. The van der Waals surface area contributed by atoms with Gasteiger partial charge in [0.25, 0.3) is 0 Å². The molecule has 0 bridgehead atoms. The predicted molar refractivity (Wildman–Crippen MR) is 71.3 cm³/mol. The maximum Gasteiger partial charge on any atom is 0.316 e. The van der Waals surface area contributed by atoms with Gasteiger partial charge in [0.05, 0.1) is 0 Å². The van der Waals surface area contributed by atoms with Crippen molar-refractivity contribution >= 4 is 11.7 Å². The van der Waals surface area contributed by atoms with Crippen molar-refractivity contribution in [1.82, 2.24) is 4.98 Å². The van der Waals surface area contributed by atoms with E-state index < -0.39 is 6.03 Å². The number of primary amides is 1. The van der Waals surface area contributed by atoms with E-state index in [2.05, 4.69) is 10.3 Å². The fourth-order valence-corrected chi connectivity index (χ4v) is 1.78. The smallest absolute Gasteiger partial charge is 0.316 e. The zero-order chi connectivity index (χ0) is 12.8. The van der Waals surface area contributed by atoms with Crippen LogP contribution in [0.15, 0.2) is 48.8 Å². The Morgan fingerprint density at radius 1 is 1.11 bits per heavy atom. The van der Waals surface area contributed by atoms with Gasteiger partial charge in [0, 0.05) is 18.1 Å². The summed E-state index contributed by atoms with van der Waals surface area (Å²) in [6, 6.07) is 11.2. The number of rotatable bonds is 4. The van der Waals surface area contributed by atoms with Crippen LogP contribution >= 0.6 is 0 Å². The molecule has 0 spiro atoms. The van der Waals surface area contributed by atoms with Crippen molar-refractivity contribution in [2.45, 2.75) is 12.8 Å². The van der Waals surface area contributed by atoms with E-state index in [1.807, 2.05) is 36.4 Å². The first-order chi connectivity index (χ1) is 8.74. The first-order valence-corrected chi connectivity index (χ1v) is 5.78. The van der Waals surface area contributed by atoms with Crippen LogP contribution in [0.2, 0.25) is 0 Å². The van der Waals surface area contributed by atoms with Crippen molar-refractivity contribution in [2.75, 3.05) is 5.32 Å². The van der Waals surface area contributed by atoms with Crippen LogP contribution in [0.4, 0.5) is 10.5 Å². The molecule has 1 heterocycles. The number of nitrogens with one attached hydrogen (secondary N) is 1. The maximum atomic E-state index is 10.8. The van der Waals surface area contributed by atoms with Crippen LogP contribution < -0.4 is 11.1 Å². The lowest BCUT2D eigenvalue weighted by Gasteiger charge is -2.05. The second-order valence-corrected chi connectivity index (χ2v) is 4.05. The predicted octanol–water partition coefficient (Wildman–Crippen LogP) is 2.36. The van der Waals surface area contributed by atoms with Gasteiger partial charge < -0.3 is 11.1 Å². The minimum atomic E-state index is -0.540. The average Bonchev–Trinajstić information content (AvgIpc) is 2.37. The standard InChI is InChI=1S/C14H15N3O/c15-14(18)17-13-3-1-2-12(10-13)5-4-11-6-8-16-9-7-11/h1-3,6-10H,4-5H2,(H3,15,17,18). The number of aromatic nitrogens is 1. The van der Waals surface area contributed by atoms with E-state index in [4.69, 9.17) is 5.73 Å². The minimum Gasteiger partial charge on any atom is -0.351 e. The lowest BCUT2D eigenvalue weighted by atomic mass is 10.1. The van der Waals surface area contributed by atoms with Crippen LogP contribution in [-0.4, -0.2) is 11.0 Å². The number of carbonyl (C=O) groups is 1. The van der Waals surface area contributed by atoms with Gasteiger partial charge in [-0.15, -0.1) is 0 Å². The summed E-state index contributed by atoms with van der Waals surface area (Å²) in [5.41, 5.74) is 8.23. The SMILES string of the molecule is NC(=O)Nc1cccc(CCc2ccncc2)c1. The third-order valence-electron chi connectivity index (χ3n) is 2.65. The summed E-state index contributed by atoms with van der Waals surface area (Å²) in [4.78, 5) is 14.7. The number of aryl methyl sites for hydroxylation is 2. The highest BCUT2D eigenvalue weighted by Crippen LogP contribution is 2.12. The van der Waals surface area contributed by atoms with Gasteiger partial charge in [-0.2, -0.15) is 0 Å². The van der Waals surface area contributed by atoms with E-state index in [0.717, 1.165) is 24.1 Å². The molecule has 1 aromatic heterocycles. The second kappa shape index (κ2) is 5.82. The second-order valence-electron chi connectivity index (χ2n) is 4.05. The molecule has 18 heavy (non-hydrogen) atoms. The molecule has 0 radical (unpaired) electrons. The summed E-state index contributed by atoms with van der Waals surface area (Å²) in [5, 5.41) is 2.57. The number of nitrogens with zero attached hydrogens (tertiary/aromatic N) is 1. The highest BCUT2D eigenvalue weighted by Gasteiger charge is 1.99. The van der Waals surface area contributed by atoms with Gasteiger partial charge in [-0.25, -0.2) is 4.79 Å². The number of amides is 2. The maximum absolute atomic E-state index is 10.8. The Hall–Kier alpha value is -2.36. The van der Waals surface area contributed by atoms with Crippen LogP contribution in [-0.2, 0) is 12.8 Å². The van der Waals surface area contributed by atoms with Crippen LogP contribution in [0.5, 0.6) is 0 Å². The van der Waals surface area contributed by atoms with E-state index in [1.165, 1.54) is 5.56 Å². The summed E-state index contributed by atoms with van der Waals surface area (Å²) in [5.74, 6) is 0. The number of benzene rings is 1. The molecule has 0 aliphatic carbocycles. The van der Waals surface area contributed by atoms with Crippen molar-refractivity contribution in [2.24, 2.45) is 5.73 Å². The number of pyridine rings is 1. The Morgan fingerprint density at radius 3 is 2.56 bits per heavy atom. The largest absolute Gasteiger partial charge is 0.351 e. The molecule has 1 aromatic carbocycles. The summed E-state index contributed by atoms with van der Waals surface area (Å²) in [6.45, 7) is 0. The molecule has 0 saturated carbocycles. The number of hydrogen-bond donors (Lipinski definition) is 2. The Kier molecular flexibility index (Phi) is 3.91. The van der Waals surface area contributed by atoms with Crippen molar-refractivity contribution < 1.29 is 4.79 Å². The van der Waals surface area contributed by atoms with E-state index in [1.54, 1.807) is 12.4 Å². The molecule has 92 valence electrons. The van der Waals surface area contributed by atoms with E-state index in [9.17, 15) is 4.79 Å².